The van der Waals surface area contributed by atoms with Crippen LogP contribution in [0.4, 0.5) is 5.82 Å². The SMILES string of the molecule is Cc1cn(-c2ccc(-c3cc(C)c(N[C@@H](C)c4ccncc4)nn3)nc2CO)cn1. The van der Waals surface area contributed by atoms with Gasteiger partial charge in [-0.2, -0.15) is 0 Å². The predicted molar refractivity (Wildman–Crippen MR) is 114 cm³/mol. The Morgan fingerprint density at radius 2 is 1.87 bits per heavy atom. The van der Waals surface area contributed by atoms with Crippen molar-refractivity contribution in [2.45, 2.75) is 33.4 Å². The predicted octanol–water partition coefficient (Wildman–Crippen LogP) is 3.40. The van der Waals surface area contributed by atoms with Gasteiger partial charge in [0.15, 0.2) is 5.82 Å². The van der Waals surface area contributed by atoms with Gasteiger partial charge in [-0.3, -0.25) is 4.98 Å². The summed E-state index contributed by atoms with van der Waals surface area (Å²) in [4.78, 5) is 12.9. The van der Waals surface area contributed by atoms with Crippen molar-refractivity contribution < 1.29 is 5.11 Å². The van der Waals surface area contributed by atoms with Gasteiger partial charge in [0, 0.05) is 18.6 Å². The third-order valence-electron chi connectivity index (χ3n) is 4.90. The smallest absolute Gasteiger partial charge is 0.152 e. The van der Waals surface area contributed by atoms with Gasteiger partial charge < -0.3 is 15.0 Å². The van der Waals surface area contributed by atoms with Crippen LogP contribution in [0.15, 0.2) is 55.2 Å². The maximum Gasteiger partial charge on any atom is 0.152 e. The second kappa shape index (κ2) is 8.38. The van der Waals surface area contributed by atoms with Crippen molar-refractivity contribution in [3.05, 3.63) is 77.8 Å². The summed E-state index contributed by atoms with van der Waals surface area (Å²) >= 11 is 0. The van der Waals surface area contributed by atoms with Crippen LogP contribution in [-0.4, -0.2) is 34.8 Å². The zero-order valence-electron chi connectivity index (χ0n) is 17.1. The molecular formula is C22H23N7O. The summed E-state index contributed by atoms with van der Waals surface area (Å²) in [6, 6.07) is 9.74. The lowest BCUT2D eigenvalue weighted by Gasteiger charge is -2.16. The van der Waals surface area contributed by atoms with E-state index in [1.54, 1.807) is 18.7 Å². The summed E-state index contributed by atoms with van der Waals surface area (Å²) in [7, 11) is 0. The van der Waals surface area contributed by atoms with Gasteiger partial charge in [0.25, 0.3) is 0 Å². The molecule has 0 saturated heterocycles. The van der Waals surface area contributed by atoms with Gasteiger partial charge in [-0.25, -0.2) is 9.97 Å². The number of nitrogens with zero attached hydrogens (tertiary/aromatic N) is 6. The lowest BCUT2D eigenvalue weighted by Crippen LogP contribution is -2.10. The molecule has 0 saturated carbocycles. The van der Waals surface area contributed by atoms with Gasteiger partial charge in [0.1, 0.15) is 5.69 Å². The highest BCUT2D eigenvalue weighted by molar-refractivity contribution is 5.60. The number of aliphatic hydroxyl groups excluding tert-OH is 1. The minimum absolute atomic E-state index is 0.0730. The van der Waals surface area contributed by atoms with Crippen LogP contribution in [0, 0.1) is 13.8 Å². The van der Waals surface area contributed by atoms with Crippen molar-refractivity contribution in [3.63, 3.8) is 0 Å². The van der Waals surface area contributed by atoms with E-state index in [-0.39, 0.29) is 12.6 Å². The van der Waals surface area contributed by atoms with Gasteiger partial charge in [-0.05, 0) is 62.2 Å². The van der Waals surface area contributed by atoms with Crippen LogP contribution in [0.5, 0.6) is 0 Å². The first-order valence-corrected chi connectivity index (χ1v) is 9.68. The van der Waals surface area contributed by atoms with E-state index in [9.17, 15) is 5.11 Å². The largest absolute Gasteiger partial charge is 0.390 e. The Kier molecular flexibility index (Phi) is 5.49. The average molecular weight is 401 g/mol. The molecule has 0 bridgehead atoms. The Morgan fingerprint density at radius 3 is 2.53 bits per heavy atom. The molecule has 4 aromatic heterocycles. The van der Waals surface area contributed by atoms with Crippen molar-refractivity contribution >= 4 is 5.82 Å². The molecule has 8 heteroatoms. The lowest BCUT2D eigenvalue weighted by atomic mass is 10.1. The Hall–Kier alpha value is -3.65. The molecule has 4 heterocycles. The van der Waals surface area contributed by atoms with Crippen LogP contribution in [0.2, 0.25) is 0 Å². The standard InChI is InChI=1S/C22H23N7O/c1-14-10-19(27-28-22(14)25-16(3)17-6-8-23-9-7-17)18-4-5-21(20(12-30)26-18)29-11-15(2)24-13-29/h4-11,13,16,30H,12H2,1-3H3,(H,25,28)/t16-/m0/s1. The van der Waals surface area contributed by atoms with Crippen molar-refractivity contribution in [2.24, 2.45) is 0 Å². The summed E-state index contributed by atoms with van der Waals surface area (Å²) < 4.78 is 1.85. The van der Waals surface area contributed by atoms with E-state index in [0.29, 0.717) is 17.1 Å². The molecule has 2 N–H and O–H groups in total. The van der Waals surface area contributed by atoms with Gasteiger partial charge in [-0.1, -0.05) is 0 Å². The maximum atomic E-state index is 9.82. The van der Waals surface area contributed by atoms with Gasteiger partial charge >= 0.3 is 0 Å². The topological polar surface area (TPSA) is 102 Å². The number of rotatable bonds is 6. The molecule has 0 radical (unpaired) electrons. The Bertz CT molecular complexity index is 1160. The van der Waals surface area contributed by atoms with Crippen molar-refractivity contribution in [1.29, 1.82) is 0 Å². The molecule has 4 rings (SSSR count). The zero-order chi connectivity index (χ0) is 21.1. The van der Waals surface area contributed by atoms with E-state index < -0.39 is 0 Å². The first-order valence-electron chi connectivity index (χ1n) is 9.68. The van der Waals surface area contributed by atoms with Gasteiger partial charge in [0.05, 0.1) is 41.7 Å². The number of hydrogen-bond donors (Lipinski definition) is 2. The Morgan fingerprint density at radius 1 is 1.07 bits per heavy atom. The van der Waals surface area contributed by atoms with Crippen LogP contribution >= 0.6 is 0 Å². The summed E-state index contributed by atoms with van der Waals surface area (Å²) in [6.07, 6.45) is 7.15. The van der Waals surface area contributed by atoms with E-state index in [4.69, 9.17) is 0 Å². The Balaban J connectivity index is 1.59. The minimum Gasteiger partial charge on any atom is -0.390 e. The molecule has 4 aromatic rings. The normalized spacial score (nSPS) is 12.0. The fraction of sp³-hybridized carbons (Fsp3) is 0.227. The summed E-state index contributed by atoms with van der Waals surface area (Å²) in [5.74, 6) is 0.718. The van der Waals surface area contributed by atoms with Crippen molar-refractivity contribution in [3.8, 4) is 17.1 Å². The summed E-state index contributed by atoms with van der Waals surface area (Å²) in [5.41, 5.74) is 5.63. The molecule has 0 aliphatic rings. The number of aryl methyl sites for hydroxylation is 2. The highest BCUT2D eigenvalue weighted by atomic mass is 16.3. The molecule has 0 fully saturated rings. The quantitative estimate of drug-likeness (QED) is 0.510. The lowest BCUT2D eigenvalue weighted by molar-refractivity contribution is 0.276. The number of anilines is 1. The third kappa shape index (κ3) is 4.04. The van der Waals surface area contributed by atoms with Crippen molar-refractivity contribution in [2.75, 3.05) is 5.32 Å². The molecule has 0 amide bonds. The molecule has 152 valence electrons. The molecule has 0 spiro atoms. The number of aliphatic hydroxyl groups is 1. The number of hydrogen-bond acceptors (Lipinski definition) is 7. The molecule has 0 aliphatic heterocycles. The number of pyridine rings is 2. The molecule has 0 unspecified atom stereocenters. The number of nitrogens with one attached hydrogen (secondary N) is 1. The van der Waals surface area contributed by atoms with E-state index >= 15 is 0 Å². The monoisotopic (exact) mass is 401 g/mol. The zero-order valence-corrected chi connectivity index (χ0v) is 17.1. The molecule has 30 heavy (non-hydrogen) atoms. The maximum absolute atomic E-state index is 9.82. The second-order valence-corrected chi connectivity index (χ2v) is 7.15. The van der Waals surface area contributed by atoms with E-state index in [1.165, 1.54) is 0 Å². The summed E-state index contributed by atoms with van der Waals surface area (Å²) in [5, 5.41) is 21.9. The second-order valence-electron chi connectivity index (χ2n) is 7.15. The fourth-order valence-electron chi connectivity index (χ4n) is 3.23. The molecule has 8 nitrogen and oxygen atoms in total. The van der Waals surface area contributed by atoms with E-state index in [2.05, 4.69) is 37.4 Å². The van der Waals surface area contributed by atoms with E-state index in [0.717, 1.165) is 28.3 Å². The van der Waals surface area contributed by atoms with Crippen LogP contribution in [-0.2, 0) is 6.61 Å². The first-order chi connectivity index (χ1) is 14.5. The summed E-state index contributed by atoms with van der Waals surface area (Å²) in [6.45, 7) is 5.78. The first kappa shape index (κ1) is 19.7. The molecule has 0 aliphatic carbocycles. The van der Waals surface area contributed by atoms with E-state index in [1.807, 2.05) is 54.9 Å². The highest BCUT2D eigenvalue weighted by Crippen LogP contribution is 2.24. The number of aromatic nitrogens is 6. The van der Waals surface area contributed by atoms with Crippen molar-refractivity contribution in [1.82, 2.24) is 29.7 Å². The van der Waals surface area contributed by atoms with Gasteiger partial charge in [0.2, 0.25) is 0 Å². The average Bonchev–Trinajstić information content (AvgIpc) is 3.21. The fourth-order valence-corrected chi connectivity index (χ4v) is 3.23. The minimum atomic E-state index is -0.185. The molecular weight excluding hydrogens is 378 g/mol. The number of imidazole rings is 1. The Labute approximate surface area is 174 Å². The van der Waals surface area contributed by atoms with Crippen LogP contribution in [0.3, 0.4) is 0 Å². The molecule has 1 atom stereocenters. The third-order valence-corrected chi connectivity index (χ3v) is 4.90. The van der Waals surface area contributed by atoms with Crippen LogP contribution < -0.4 is 5.32 Å². The van der Waals surface area contributed by atoms with Crippen LogP contribution in [0.1, 0.15) is 35.5 Å². The van der Waals surface area contributed by atoms with Gasteiger partial charge in [-0.15, -0.1) is 10.2 Å². The highest BCUT2D eigenvalue weighted by Gasteiger charge is 2.13. The van der Waals surface area contributed by atoms with Crippen LogP contribution in [0.25, 0.3) is 17.1 Å². The molecule has 0 aromatic carbocycles.